The van der Waals surface area contributed by atoms with Crippen LogP contribution in [-0.2, 0) is 4.79 Å². The minimum atomic E-state index is -0.836. The summed E-state index contributed by atoms with van der Waals surface area (Å²) in [5.74, 6) is -1.60. The predicted molar refractivity (Wildman–Crippen MR) is 48.8 cm³/mol. The van der Waals surface area contributed by atoms with E-state index in [4.69, 9.17) is 5.11 Å². The van der Waals surface area contributed by atoms with E-state index in [2.05, 4.69) is 5.32 Å². The molecule has 0 fully saturated rings. The fourth-order valence-electron chi connectivity index (χ4n) is 0.952. The van der Waals surface area contributed by atoms with Gasteiger partial charge in [-0.25, -0.2) is 4.39 Å². The van der Waals surface area contributed by atoms with Crippen molar-refractivity contribution in [2.75, 3.05) is 11.9 Å². The van der Waals surface area contributed by atoms with Crippen molar-refractivity contribution in [1.29, 1.82) is 0 Å². The molecule has 0 aliphatic carbocycles. The summed E-state index contributed by atoms with van der Waals surface area (Å²) >= 11 is 0. The molecule has 0 radical (unpaired) electrons. The zero-order valence-electron chi connectivity index (χ0n) is 7.44. The van der Waals surface area contributed by atoms with Gasteiger partial charge in [-0.1, -0.05) is 0 Å². The van der Waals surface area contributed by atoms with Crippen LogP contribution in [0.3, 0.4) is 0 Å². The summed E-state index contributed by atoms with van der Waals surface area (Å²) in [6.07, 6.45) is 0. The molecule has 1 amide bonds. The van der Waals surface area contributed by atoms with Gasteiger partial charge in [-0.3, -0.25) is 14.9 Å². The van der Waals surface area contributed by atoms with E-state index in [1.54, 1.807) is 0 Å². The summed E-state index contributed by atoms with van der Waals surface area (Å²) in [6, 6.07) is 2.64. The highest BCUT2D eigenvalue weighted by molar-refractivity contribution is 5.91. The number of anilines is 1. The van der Waals surface area contributed by atoms with Gasteiger partial charge in [0.15, 0.2) is 0 Å². The maximum atomic E-state index is 12.8. The summed E-state index contributed by atoms with van der Waals surface area (Å²) in [4.78, 5) is 20.3. The molecule has 2 N–H and O–H groups in total. The van der Waals surface area contributed by atoms with Crippen LogP contribution in [0.1, 0.15) is 0 Å². The number of hydrogen-bond acceptors (Lipinski definition) is 4. The summed E-state index contributed by atoms with van der Waals surface area (Å²) < 4.78 is 12.8. The number of nitrogens with one attached hydrogen (secondary N) is 1. The molecule has 0 atom stereocenters. The van der Waals surface area contributed by atoms with Crippen LogP contribution >= 0.6 is 0 Å². The molecule has 0 aliphatic rings. The SMILES string of the molecule is O=C(CO)Nc1cc(F)cc([N+](=O)[O-])c1. The maximum Gasteiger partial charge on any atom is 0.274 e. The number of nitro benzene ring substituents is 1. The van der Waals surface area contributed by atoms with Crippen LogP contribution in [0.15, 0.2) is 18.2 Å². The molecule has 0 aliphatic heterocycles. The average molecular weight is 214 g/mol. The smallest absolute Gasteiger partial charge is 0.274 e. The first-order chi connectivity index (χ1) is 7.02. The number of halogens is 1. The van der Waals surface area contributed by atoms with Crippen molar-refractivity contribution in [3.63, 3.8) is 0 Å². The lowest BCUT2D eigenvalue weighted by Gasteiger charge is -2.02. The first-order valence-electron chi connectivity index (χ1n) is 3.88. The van der Waals surface area contributed by atoms with Crippen molar-refractivity contribution in [3.05, 3.63) is 34.1 Å². The molecule has 0 unspecified atom stereocenters. The quantitative estimate of drug-likeness (QED) is 0.571. The number of nitrogens with zero attached hydrogens (tertiary/aromatic N) is 1. The first-order valence-corrected chi connectivity index (χ1v) is 3.88. The summed E-state index contributed by atoms with van der Waals surface area (Å²) in [5, 5.41) is 20.8. The van der Waals surface area contributed by atoms with Crippen LogP contribution in [0.4, 0.5) is 15.8 Å². The molecule has 7 heteroatoms. The van der Waals surface area contributed by atoms with E-state index in [0.29, 0.717) is 0 Å². The average Bonchev–Trinajstić information content (AvgIpc) is 2.16. The van der Waals surface area contributed by atoms with E-state index < -0.39 is 28.9 Å². The molecular formula is C8H7FN2O4. The lowest BCUT2D eigenvalue weighted by atomic mass is 10.2. The van der Waals surface area contributed by atoms with Crippen molar-refractivity contribution in [2.24, 2.45) is 0 Å². The number of carbonyl (C=O) groups excluding carboxylic acids is 1. The van der Waals surface area contributed by atoms with E-state index in [1.807, 2.05) is 0 Å². The van der Waals surface area contributed by atoms with E-state index in [-0.39, 0.29) is 5.69 Å². The second-order valence-electron chi connectivity index (χ2n) is 2.66. The monoisotopic (exact) mass is 214 g/mol. The van der Waals surface area contributed by atoms with Gasteiger partial charge in [-0.2, -0.15) is 0 Å². The van der Waals surface area contributed by atoms with Gasteiger partial charge in [0.1, 0.15) is 12.4 Å². The third kappa shape index (κ3) is 2.99. The van der Waals surface area contributed by atoms with Crippen LogP contribution in [0, 0.1) is 15.9 Å². The zero-order chi connectivity index (χ0) is 11.4. The third-order valence-electron chi connectivity index (χ3n) is 1.52. The van der Waals surface area contributed by atoms with Gasteiger partial charge in [0.25, 0.3) is 5.69 Å². The van der Waals surface area contributed by atoms with Crippen LogP contribution in [0.2, 0.25) is 0 Å². The van der Waals surface area contributed by atoms with E-state index in [0.717, 1.165) is 18.2 Å². The minimum Gasteiger partial charge on any atom is -0.387 e. The van der Waals surface area contributed by atoms with Gasteiger partial charge < -0.3 is 10.4 Å². The lowest BCUT2D eigenvalue weighted by molar-refractivity contribution is -0.385. The molecule has 1 aromatic carbocycles. The molecule has 15 heavy (non-hydrogen) atoms. The van der Waals surface area contributed by atoms with Crippen molar-refractivity contribution >= 4 is 17.3 Å². The topological polar surface area (TPSA) is 92.5 Å². The van der Waals surface area contributed by atoms with Crippen LogP contribution in [-0.4, -0.2) is 22.5 Å². The number of benzene rings is 1. The highest BCUT2D eigenvalue weighted by Gasteiger charge is 2.10. The number of amides is 1. The Labute approximate surface area is 83.5 Å². The molecule has 0 aromatic heterocycles. The van der Waals surface area contributed by atoms with Gasteiger partial charge in [-0.05, 0) is 6.07 Å². The van der Waals surface area contributed by atoms with Crippen molar-refractivity contribution < 1.29 is 19.2 Å². The van der Waals surface area contributed by atoms with Crippen molar-refractivity contribution in [3.8, 4) is 0 Å². The second-order valence-corrected chi connectivity index (χ2v) is 2.66. The zero-order valence-corrected chi connectivity index (χ0v) is 7.44. The molecule has 6 nitrogen and oxygen atoms in total. The van der Waals surface area contributed by atoms with Crippen LogP contribution < -0.4 is 5.32 Å². The van der Waals surface area contributed by atoms with E-state index in [1.165, 1.54) is 0 Å². The van der Waals surface area contributed by atoms with Gasteiger partial charge >= 0.3 is 0 Å². The Balaban J connectivity index is 2.98. The molecule has 1 aromatic rings. The molecule has 80 valence electrons. The fraction of sp³-hybridized carbons (Fsp3) is 0.125. The standard InChI is InChI=1S/C8H7FN2O4/c9-5-1-6(10-8(13)4-12)3-7(2-5)11(14)15/h1-3,12H,4H2,(H,10,13). The van der Waals surface area contributed by atoms with Crippen molar-refractivity contribution in [1.82, 2.24) is 0 Å². The van der Waals surface area contributed by atoms with E-state index >= 15 is 0 Å². The number of nitro groups is 1. The lowest BCUT2D eigenvalue weighted by Crippen LogP contribution is -2.15. The molecule has 0 heterocycles. The molecule has 1 rings (SSSR count). The Bertz CT molecular complexity index is 408. The Morgan fingerprint density at radius 2 is 2.20 bits per heavy atom. The van der Waals surface area contributed by atoms with E-state index in [9.17, 15) is 19.3 Å². The molecular weight excluding hydrogens is 207 g/mol. The van der Waals surface area contributed by atoms with Gasteiger partial charge in [0, 0.05) is 6.07 Å². The highest BCUT2D eigenvalue weighted by Crippen LogP contribution is 2.19. The Hall–Kier alpha value is -2.02. The summed E-state index contributed by atoms with van der Waals surface area (Å²) in [6.45, 7) is -0.774. The molecule has 0 spiro atoms. The minimum absolute atomic E-state index is 0.0687. The number of carbonyl (C=O) groups is 1. The Morgan fingerprint density at radius 1 is 1.53 bits per heavy atom. The largest absolute Gasteiger partial charge is 0.387 e. The highest BCUT2D eigenvalue weighted by atomic mass is 19.1. The second kappa shape index (κ2) is 4.47. The maximum absolute atomic E-state index is 12.8. The van der Waals surface area contributed by atoms with Gasteiger partial charge in [-0.15, -0.1) is 0 Å². The Morgan fingerprint density at radius 3 is 2.73 bits per heavy atom. The predicted octanol–water partition coefficient (Wildman–Crippen LogP) is 0.665. The fourth-order valence-corrected chi connectivity index (χ4v) is 0.952. The molecule has 0 saturated heterocycles. The number of non-ortho nitro benzene ring substituents is 1. The van der Waals surface area contributed by atoms with Crippen LogP contribution in [0.25, 0.3) is 0 Å². The summed E-state index contributed by atoms with van der Waals surface area (Å²) in [5.41, 5.74) is -0.538. The normalized spacial score (nSPS) is 9.73. The van der Waals surface area contributed by atoms with Crippen molar-refractivity contribution in [2.45, 2.75) is 0 Å². The number of aliphatic hydroxyl groups is 1. The first kappa shape index (κ1) is 11.1. The number of hydrogen-bond donors (Lipinski definition) is 2. The van der Waals surface area contributed by atoms with Gasteiger partial charge in [0.05, 0.1) is 16.7 Å². The number of rotatable bonds is 3. The molecule has 0 saturated carbocycles. The number of aliphatic hydroxyl groups excluding tert-OH is 1. The van der Waals surface area contributed by atoms with Crippen LogP contribution in [0.5, 0.6) is 0 Å². The Kier molecular flexibility index (Phi) is 3.29. The summed E-state index contributed by atoms with van der Waals surface area (Å²) in [7, 11) is 0. The third-order valence-corrected chi connectivity index (χ3v) is 1.52. The van der Waals surface area contributed by atoms with Gasteiger partial charge in [0.2, 0.25) is 5.91 Å². The molecule has 0 bridgehead atoms.